The SMILES string of the molecule is CCC1=CC(C)(COC2OC2C(F)(F)S(=O)(=O)O)CC(C)(c2ccc(C(C)C)cc2)C1. The Bertz CT molecular complexity index is 941. The van der Waals surface area contributed by atoms with Crippen LogP contribution in [0.15, 0.2) is 35.9 Å². The predicted molar refractivity (Wildman–Crippen MR) is 115 cm³/mol. The van der Waals surface area contributed by atoms with Crippen molar-refractivity contribution in [3.8, 4) is 0 Å². The predicted octanol–water partition coefficient (Wildman–Crippen LogP) is 5.43. The highest BCUT2D eigenvalue weighted by Crippen LogP contribution is 2.49. The molecular formula is C23H32F2O5S. The van der Waals surface area contributed by atoms with Gasteiger partial charge >= 0.3 is 15.4 Å². The number of alkyl halides is 2. The Hall–Kier alpha value is -1.35. The van der Waals surface area contributed by atoms with Gasteiger partial charge in [-0.3, -0.25) is 4.55 Å². The maximum Gasteiger partial charge on any atom is 0.400 e. The Morgan fingerprint density at radius 3 is 2.39 bits per heavy atom. The summed E-state index contributed by atoms with van der Waals surface area (Å²) in [7, 11) is -5.56. The van der Waals surface area contributed by atoms with Crippen LogP contribution in [0, 0.1) is 5.41 Å². The van der Waals surface area contributed by atoms with Crippen molar-refractivity contribution >= 4 is 10.1 Å². The lowest BCUT2D eigenvalue weighted by Crippen LogP contribution is -2.39. The molecule has 0 bridgehead atoms. The molecule has 1 N–H and O–H groups in total. The fourth-order valence-electron chi connectivity index (χ4n) is 4.73. The number of allylic oxidation sites excluding steroid dienone is 1. The maximum absolute atomic E-state index is 13.7. The smallest absolute Gasteiger partial charge is 0.349 e. The molecule has 0 radical (unpaired) electrons. The van der Waals surface area contributed by atoms with Gasteiger partial charge in [0.1, 0.15) is 0 Å². The second-order valence-corrected chi connectivity index (χ2v) is 11.3. The second-order valence-electron chi connectivity index (χ2n) is 9.77. The van der Waals surface area contributed by atoms with E-state index in [1.54, 1.807) is 0 Å². The highest BCUT2D eigenvalue weighted by molar-refractivity contribution is 7.86. The first kappa shape index (κ1) is 24.3. The van der Waals surface area contributed by atoms with E-state index in [2.05, 4.69) is 58.0 Å². The molecule has 5 nitrogen and oxygen atoms in total. The molecule has 0 amide bonds. The molecule has 0 aromatic heterocycles. The third-order valence-corrected chi connectivity index (χ3v) is 7.32. The van der Waals surface area contributed by atoms with Gasteiger partial charge in [-0.1, -0.05) is 70.5 Å². The summed E-state index contributed by atoms with van der Waals surface area (Å²) in [5, 5.41) is -4.39. The van der Waals surface area contributed by atoms with Crippen molar-refractivity contribution in [3.63, 3.8) is 0 Å². The molecule has 1 heterocycles. The van der Waals surface area contributed by atoms with Gasteiger partial charge < -0.3 is 9.47 Å². The highest BCUT2D eigenvalue weighted by atomic mass is 32.2. The number of hydrogen-bond acceptors (Lipinski definition) is 4. The van der Waals surface area contributed by atoms with E-state index in [0.717, 1.165) is 19.3 Å². The molecule has 8 heteroatoms. The molecule has 2 aliphatic rings. The highest BCUT2D eigenvalue weighted by Gasteiger charge is 2.66. The van der Waals surface area contributed by atoms with E-state index in [1.807, 2.05) is 6.92 Å². The van der Waals surface area contributed by atoms with E-state index in [4.69, 9.17) is 14.0 Å². The Labute approximate surface area is 183 Å². The van der Waals surface area contributed by atoms with Gasteiger partial charge in [0.15, 0.2) is 12.4 Å². The molecule has 1 aliphatic carbocycles. The first-order chi connectivity index (χ1) is 14.2. The van der Waals surface area contributed by atoms with E-state index >= 15 is 0 Å². The van der Waals surface area contributed by atoms with Gasteiger partial charge in [0, 0.05) is 5.41 Å². The first-order valence-electron chi connectivity index (χ1n) is 10.6. The molecule has 4 unspecified atom stereocenters. The Morgan fingerprint density at radius 1 is 1.26 bits per heavy atom. The van der Waals surface area contributed by atoms with E-state index in [-0.39, 0.29) is 12.0 Å². The van der Waals surface area contributed by atoms with Gasteiger partial charge in [-0.15, -0.1) is 0 Å². The molecule has 31 heavy (non-hydrogen) atoms. The average molecular weight is 459 g/mol. The van der Waals surface area contributed by atoms with E-state index < -0.39 is 33.2 Å². The van der Waals surface area contributed by atoms with Crippen molar-refractivity contribution in [2.75, 3.05) is 6.61 Å². The lowest BCUT2D eigenvalue weighted by atomic mass is 9.62. The molecule has 4 atom stereocenters. The zero-order valence-corrected chi connectivity index (χ0v) is 19.5. The second kappa shape index (κ2) is 8.21. The minimum Gasteiger partial charge on any atom is -0.349 e. The lowest BCUT2D eigenvalue weighted by molar-refractivity contribution is -0.00102. The minimum absolute atomic E-state index is 0.110. The van der Waals surface area contributed by atoms with Crippen LogP contribution in [0.4, 0.5) is 8.78 Å². The van der Waals surface area contributed by atoms with Crippen molar-refractivity contribution in [2.45, 2.75) is 82.9 Å². The molecular weight excluding hydrogens is 426 g/mol. The monoisotopic (exact) mass is 458 g/mol. The molecule has 1 fully saturated rings. The summed E-state index contributed by atoms with van der Waals surface area (Å²) >= 11 is 0. The van der Waals surface area contributed by atoms with Crippen molar-refractivity contribution in [1.82, 2.24) is 0 Å². The number of halogens is 2. The van der Waals surface area contributed by atoms with Crippen molar-refractivity contribution in [1.29, 1.82) is 0 Å². The molecule has 1 aromatic rings. The summed E-state index contributed by atoms with van der Waals surface area (Å²) in [6.07, 6.45) is 1.33. The summed E-state index contributed by atoms with van der Waals surface area (Å²) in [5.74, 6) is 0.449. The number of benzene rings is 1. The molecule has 0 saturated carbocycles. The molecule has 0 spiro atoms. The Morgan fingerprint density at radius 2 is 1.87 bits per heavy atom. The Kier molecular flexibility index (Phi) is 6.43. The van der Waals surface area contributed by atoms with Crippen LogP contribution in [0.2, 0.25) is 0 Å². The van der Waals surface area contributed by atoms with Crippen molar-refractivity contribution in [3.05, 3.63) is 47.0 Å². The number of hydrogen-bond donors (Lipinski definition) is 1. The Balaban J connectivity index is 1.75. The quantitative estimate of drug-likeness (QED) is 0.320. The van der Waals surface area contributed by atoms with Crippen LogP contribution < -0.4 is 0 Å². The zero-order valence-electron chi connectivity index (χ0n) is 18.7. The zero-order chi connectivity index (χ0) is 23.2. The van der Waals surface area contributed by atoms with Gasteiger partial charge in [-0.25, -0.2) is 0 Å². The van der Waals surface area contributed by atoms with Gasteiger partial charge in [0.2, 0.25) is 0 Å². The van der Waals surface area contributed by atoms with Gasteiger partial charge in [-0.05, 0) is 41.7 Å². The standard InChI is InChI=1S/C23H32F2O5S/c1-6-16-11-21(4,14-29-20-19(30-20)23(24,25)31(26,27)28)13-22(5,12-16)18-9-7-17(8-10-18)15(2)3/h7-11,15,19-20H,6,12-14H2,1-5H3,(H,26,27,28). The van der Waals surface area contributed by atoms with Crippen LogP contribution >= 0.6 is 0 Å². The largest absolute Gasteiger partial charge is 0.400 e. The molecule has 174 valence electrons. The fourth-order valence-corrected chi connectivity index (χ4v) is 5.19. The molecule has 1 aliphatic heterocycles. The number of rotatable bonds is 8. The van der Waals surface area contributed by atoms with Gasteiger partial charge in [-0.2, -0.15) is 17.2 Å². The maximum atomic E-state index is 13.7. The van der Waals surface area contributed by atoms with Crippen LogP contribution in [0.5, 0.6) is 0 Å². The fraction of sp³-hybridized carbons (Fsp3) is 0.652. The minimum atomic E-state index is -5.56. The van der Waals surface area contributed by atoms with E-state index in [9.17, 15) is 17.2 Å². The summed E-state index contributed by atoms with van der Waals surface area (Å²) in [4.78, 5) is 0. The van der Waals surface area contributed by atoms with E-state index in [1.165, 1.54) is 16.7 Å². The summed E-state index contributed by atoms with van der Waals surface area (Å²) in [5.41, 5.74) is 3.19. The van der Waals surface area contributed by atoms with E-state index in [0.29, 0.717) is 5.92 Å². The normalized spacial score (nSPS) is 31.6. The average Bonchev–Trinajstić information content (AvgIpc) is 3.45. The van der Waals surface area contributed by atoms with Crippen LogP contribution in [-0.4, -0.2) is 37.2 Å². The molecule has 1 aromatic carbocycles. The van der Waals surface area contributed by atoms with Gasteiger partial charge in [0.05, 0.1) is 6.61 Å². The van der Waals surface area contributed by atoms with Crippen molar-refractivity contribution in [2.24, 2.45) is 5.41 Å². The topological polar surface area (TPSA) is 76.1 Å². The molecule has 1 saturated heterocycles. The first-order valence-corrected chi connectivity index (χ1v) is 12.1. The summed E-state index contributed by atoms with van der Waals surface area (Å²) in [6.45, 7) is 10.7. The van der Waals surface area contributed by atoms with Crippen LogP contribution in [0.25, 0.3) is 0 Å². The third-order valence-electron chi connectivity index (χ3n) is 6.40. The summed E-state index contributed by atoms with van der Waals surface area (Å²) < 4.78 is 68.3. The van der Waals surface area contributed by atoms with Crippen LogP contribution in [-0.2, 0) is 25.0 Å². The van der Waals surface area contributed by atoms with Crippen LogP contribution in [0.3, 0.4) is 0 Å². The molecule has 3 rings (SSSR count). The third kappa shape index (κ3) is 5.02. The van der Waals surface area contributed by atoms with Crippen molar-refractivity contribution < 1.29 is 31.2 Å². The van der Waals surface area contributed by atoms with Gasteiger partial charge in [0.25, 0.3) is 0 Å². The number of epoxide rings is 1. The number of ether oxygens (including phenoxy) is 2. The summed E-state index contributed by atoms with van der Waals surface area (Å²) in [6, 6.07) is 8.65. The van der Waals surface area contributed by atoms with Crippen LogP contribution in [0.1, 0.15) is 70.9 Å². The lowest BCUT2D eigenvalue weighted by Gasteiger charge is -2.44.